The summed E-state index contributed by atoms with van der Waals surface area (Å²) < 4.78 is 28.2. The van der Waals surface area contributed by atoms with Crippen molar-refractivity contribution in [1.82, 2.24) is 4.72 Å². The molecule has 3 N–H and O–H groups in total. The number of rotatable bonds is 7. The van der Waals surface area contributed by atoms with Crippen LogP contribution < -0.4 is 10.5 Å². The molecule has 7 heteroatoms. The molecule has 0 spiro atoms. The quantitative estimate of drug-likeness (QED) is 0.762. The molecule has 1 rings (SSSR count). The van der Waals surface area contributed by atoms with Crippen molar-refractivity contribution in [1.29, 1.82) is 0 Å². The third-order valence-corrected chi connectivity index (χ3v) is 6.49. The molecule has 0 radical (unpaired) electrons. The Labute approximate surface area is 134 Å². The predicted molar refractivity (Wildman–Crippen MR) is 89.6 cm³/mol. The van der Waals surface area contributed by atoms with Crippen LogP contribution in [0.2, 0.25) is 0 Å². The molecule has 0 saturated heterocycles. The van der Waals surface area contributed by atoms with E-state index in [0.717, 1.165) is 23.3 Å². The van der Waals surface area contributed by atoms with Gasteiger partial charge in [0.15, 0.2) is 0 Å². The molecule has 0 bridgehead atoms. The summed E-state index contributed by atoms with van der Waals surface area (Å²) in [4.78, 5) is 0.258. The van der Waals surface area contributed by atoms with Gasteiger partial charge in [-0.1, -0.05) is 6.07 Å². The molecule has 0 aliphatic heterocycles. The largest absolute Gasteiger partial charge is 0.326 e. The van der Waals surface area contributed by atoms with Crippen molar-refractivity contribution in [2.75, 3.05) is 12.0 Å². The number of halogens is 1. The second-order valence-corrected chi connectivity index (χ2v) is 8.19. The Balaban J connectivity index is 3.06. The SMILES string of the molecule is CSCCC(C)NS(=O)(=O)c1cc(CN)cc(C)c1Br. The lowest BCUT2D eigenvalue weighted by Crippen LogP contribution is -2.33. The third kappa shape index (κ3) is 4.73. The van der Waals surface area contributed by atoms with Gasteiger partial charge in [-0.05, 0) is 65.4 Å². The molecule has 114 valence electrons. The smallest absolute Gasteiger partial charge is 0.241 e. The molecule has 4 nitrogen and oxygen atoms in total. The number of sulfonamides is 1. The Morgan fingerprint density at radius 1 is 1.45 bits per heavy atom. The summed E-state index contributed by atoms with van der Waals surface area (Å²) in [7, 11) is -3.54. The van der Waals surface area contributed by atoms with E-state index in [2.05, 4.69) is 20.7 Å². The highest BCUT2D eigenvalue weighted by molar-refractivity contribution is 9.10. The minimum Gasteiger partial charge on any atom is -0.326 e. The first-order valence-corrected chi connectivity index (χ1v) is 9.99. The van der Waals surface area contributed by atoms with Crippen LogP contribution in [-0.4, -0.2) is 26.5 Å². The normalized spacial score (nSPS) is 13.4. The average molecular weight is 381 g/mol. The van der Waals surface area contributed by atoms with E-state index in [1.54, 1.807) is 17.8 Å². The Morgan fingerprint density at radius 2 is 2.10 bits per heavy atom. The molecule has 20 heavy (non-hydrogen) atoms. The van der Waals surface area contributed by atoms with Crippen LogP contribution in [0.15, 0.2) is 21.5 Å². The van der Waals surface area contributed by atoms with Crippen LogP contribution in [-0.2, 0) is 16.6 Å². The Bertz CT molecular complexity index is 562. The zero-order chi connectivity index (χ0) is 15.3. The first kappa shape index (κ1) is 18.0. The Kier molecular flexibility index (Phi) is 7.00. The van der Waals surface area contributed by atoms with Crippen molar-refractivity contribution in [2.24, 2.45) is 5.73 Å². The first-order valence-electron chi connectivity index (χ1n) is 6.32. The van der Waals surface area contributed by atoms with Crippen LogP contribution in [0.5, 0.6) is 0 Å². The van der Waals surface area contributed by atoms with Gasteiger partial charge in [0, 0.05) is 17.1 Å². The molecule has 0 aliphatic rings. The molecule has 0 amide bonds. The highest BCUT2D eigenvalue weighted by atomic mass is 79.9. The van der Waals surface area contributed by atoms with Crippen molar-refractivity contribution in [3.05, 3.63) is 27.7 Å². The van der Waals surface area contributed by atoms with Gasteiger partial charge in [0.25, 0.3) is 0 Å². The molecule has 0 heterocycles. The van der Waals surface area contributed by atoms with Gasteiger partial charge in [-0.15, -0.1) is 0 Å². The fraction of sp³-hybridized carbons (Fsp3) is 0.538. The number of hydrogen-bond acceptors (Lipinski definition) is 4. The summed E-state index contributed by atoms with van der Waals surface area (Å²) in [5.74, 6) is 0.923. The van der Waals surface area contributed by atoms with Crippen LogP contribution in [0.25, 0.3) is 0 Å². The lowest BCUT2D eigenvalue weighted by molar-refractivity contribution is 0.556. The van der Waals surface area contributed by atoms with Gasteiger partial charge < -0.3 is 5.73 Å². The summed E-state index contributed by atoms with van der Waals surface area (Å²) in [5.41, 5.74) is 7.29. The van der Waals surface area contributed by atoms with E-state index >= 15 is 0 Å². The van der Waals surface area contributed by atoms with Gasteiger partial charge in [-0.2, -0.15) is 11.8 Å². The van der Waals surface area contributed by atoms with E-state index in [1.807, 2.05) is 26.2 Å². The first-order chi connectivity index (χ1) is 9.31. The minimum atomic E-state index is -3.54. The maximum Gasteiger partial charge on any atom is 0.241 e. The summed E-state index contributed by atoms with van der Waals surface area (Å²) in [6, 6.07) is 3.42. The van der Waals surface area contributed by atoms with E-state index in [9.17, 15) is 8.42 Å². The van der Waals surface area contributed by atoms with Crippen molar-refractivity contribution in [3.8, 4) is 0 Å². The van der Waals surface area contributed by atoms with Crippen LogP contribution >= 0.6 is 27.7 Å². The lowest BCUT2D eigenvalue weighted by atomic mass is 10.1. The Morgan fingerprint density at radius 3 is 2.65 bits per heavy atom. The molecule has 1 unspecified atom stereocenters. The lowest BCUT2D eigenvalue weighted by Gasteiger charge is -2.16. The summed E-state index contributed by atoms with van der Waals surface area (Å²) >= 11 is 5.06. The van der Waals surface area contributed by atoms with Crippen LogP contribution in [0.3, 0.4) is 0 Å². The topological polar surface area (TPSA) is 72.2 Å². The van der Waals surface area contributed by atoms with Gasteiger partial charge in [0.2, 0.25) is 10.0 Å². The molecule has 1 aromatic carbocycles. The monoisotopic (exact) mass is 380 g/mol. The van der Waals surface area contributed by atoms with Crippen LogP contribution in [0, 0.1) is 6.92 Å². The van der Waals surface area contributed by atoms with E-state index in [0.29, 0.717) is 11.0 Å². The third-order valence-electron chi connectivity index (χ3n) is 2.92. The van der Waals surface area contributed by atoms with E-state index in [4.69, 9.17) is 5.73 Å². The zero-order valence-electron chi connectivity index (χ0n) is 11.9. The van der Waals surface area contributed by atoms with E-state index < -0.39 is 10.0 Å². The number of aryl methyl sites for hydroxylation is 1. The molecular weight excluding hydrogens is 360 g/mol. The van der Waals surface area contributed by atoms with Crippen LogP contribution in [0.1, 0.15) is 24.5 Å². The summed E-state index contributed by atoms with van der Waals surface area (Å²) in [6.07, 6.45) is 2.81. The van der Waals surface area contributed by atoms with Gasteiger partial charge in [-0.25, -0.2) is 13.1 Å². The van der Waals surface area contributed by atoms with Gasteiger partial charge >= 0.3 is 0 Å². The molecule has 0 fully saturated rings. The highest BCUT2D eigenvalue weighted by Gasteiger charge is 2.21. The number of nitrogens with one attached hydrogen (secondary N) is 1. The maximum atomic E-state index is 12.5. The maximum absolute atomic E-state index is 12.5. The fourth-order valence-electron chi connectivity index (χ4n) is 1.80. The van der Waals surface area contributed by atoms with Crippen molar-refractivity contribution >= 4 is 37.7 Å². The molecule has 0 aliphatic carbocycles. The molecule has 0 aromatic heterocycles. The standard InChI is InChI=1S/C13H21BrN2O2S2/c1-9-6-11(8-15)7-12(13(9)14)20(17,18)16-10(2)4-5-19-3/h6-7,10,16H,4-5,8,15H2,1-3H3. The van der Waals surface area contributed by atoms with E-state index in [-0.39, 0.29) is 10.9 Å². The van der Waals surface area contributed by atoms with Crippen molar-refractivity contribution in [2.45, 2.75) is 37.8 Å². The molecule has 1 aromatic rings. The Hall–Kier alpha value is -0.0800. The predicted octanol–water partition coefficient (Wildman–Crippen LogP) is 2.64. The fourth-order valence-corrected chi connectivity index (χ4v) is 4.74. The molecule has 0 saturated carbocycles. The average Bonchev–Trinajstić information content (AvgIpc) is 2.38. The second-order valence-electron chi connectivity index (χ2n) is 4.73. The van der Waals surface area contributed by atoms with Crippen molar-refractivity contribution < 1.29 is 8.42 Å². The van der Waals surface area contributed by atoms with Crippen molar-refractivity contribution in [3.63, 3.8) is 0 Å². The molecular formula is C13H21BrN2O2S2. The summed E-state index contributed by atoms with van der Waals surface area (Å²) in [6.45, 7) is 4.05. The highest BCUT2D eigenvalue weighted by Crippen LogP contribution is 2.27. The number of nitrogens with two attached hydrogens (primary N) is 1. The second kappa shape index (κ2) is 7.79. The molecule has 1 atom stereocenters. The number of benzene rings is 1. The van der Waals surface area contributed by atoms with Crippen LogP contribution in [0.4, 0.5) is 0 Å². The zero-order valence-corrected chi connectivity index (χ0v) is 15.2. The minimum absolute atomic E-state index is 0.0961. The number of hydrogen-bond donors (Lipinski definition) is 2. The van der Waals surface area contributed by atoms with E-state index in [1.165, 1.54) is 0 Å². The van der Waals surface area contributed by atoms with Gasteiger partial charge in [-0.3, -0.25) is 0 Å². The van der Waals surface area contributed by atoms with Gasteiger partial charge in [0.05, 0.1) is 4.90 Å². The number of thioether (sulfide) groups is 1. The summed E-state index contributed by atoms with van der Waals surface area (Å²) in [5, 5.41) is 0. The van der Waals surface area contributed by atoms with Gasteiger partial charge in [0.1, 0.15) is 0 Å².